The number of aliphatic hydroxyl groups excluding tert-OH is 1. The molecule has 11 heteroatoms. The smallest absolute Gasteiger partial charge is 0.305 e. The van der Waals surface area contributed by atoms with Gasteiger partial charge in [-0.1, -0.05) is 11.6 Å². The number of nitro benzene ring substituents is 1. The van der Waals surface area contributed by atoms with E-state index in [-0.39, 0.29) is 29.0 Å². The molecule has 0 radical (unpaired) electrons. The fourth-order valence-electron chi connectivity index (χ4n) is 3.13. The molecule has 0 aliphatic rings. The number of hydrogen-bond acceptors (Lipinski definition) is 9. The van der Waals surface area contributed by atoms with Gasteiger partial charge in [-0.05, 0) is 32.4 Å². The summed E-state index contributed by atoms with van der Waals surface area (Å²) in [5.74, 6) is 0.283. The van der Waals surface area contributed by atoms with Crippen LogP contribution in [-0.4, -0.2) is 42.8 Å². The number of nitro groups is 1. The first kappa shape index (κ1) is 26.0. The Morgan fingerprint density at radius 1 is 1.21 bits per heavy atom. The molecule has 2 aromatic rings. The van der Waals surface area contributed by atoms with E-state index in [0.717, 1.165) is 5.69 Å². The van der Waals surface area contributed by atoms with Crippen molar-refractivity contribution in [2.75, 3.05) is 31.7 Å². The van der Waals surface area contributed by atoms with Gasteiger partial charge in [0, 0.05) is 43.3 Å². The highest BCUT2D eigenvalue weighted by atomic mass is 35.5. The number of anilines is 1. The Hall–Kier alpha value is -3.24. The molecule has 0 aliphatic carbocycles. The van der Waals surface area contributed by atoms with Gasteiger partial charge < -0.3 is 19.5 Å². The Kier molecular flexibility index (Phi) is 10.0. The van der Waals surface area contributed by atoms with Gasteiger partial charge in [-0.2, -0.15) is 0 Å². The molecule has 10 nitrogen and oxygen atoms in total. The van der Waals surface area contributed by atoms with Gasteiger partial charge >= 0.3 is 5.97 Å². The Labute approximate surface area is 196 Å². The number of rotatable bonds is 12. The molecular weight excluding hydrogens is 452 g/mol. The summed E-state index contributed by atoms with van der Waals surface area (Å²) in [6.45, 7) is 5.06. The number of ether oxygens (including phenoxy) is 2. The maximum atomic E-state index is 11.6. The Morgan fingerprint density at radius 2 is 1.94 bits per heavy atom. The minimum absolute atomic E-state index is 0.0841. The first-order valence-electron chi connectivity index (χ1n) is 10.4. The zero-order valence-electron chi connectivity index (χ0n) is 18.8. The van der Waals surface area contributed by atoms with Crippen molar-refractivity contribution in [3.63, 3.8) is 0 Å². The average molecular weight is 479 g/mol. The molecule has 0 amide bonds. The molecule has 0 aliphatic heterocycles. The highest BCUT2D eigenvalue weighted by molar-refractivity contribution is 6.33. The maximum Gasteiger partial charge on any atom is 0.305 e. The number of azo groups is 1. The van der Waals surface area contributed by atoms with Crippen LogP contribution in [-0.2, 0) is 16.1 Å². The van der Waals surface area contributed by atoms with E-state index in [2.05, 4.69) is 10.2 Å². The number of methoxy groups -OCH3 is 1. The van der Waals surface area contributed by atoms with Crippen LogP contribution in [0.5, 0.6) is 5.75 Å². The number of benzene rings is 2. The second-order valence-electron chi connectivity index (χ2n) is 6.89. The summed E-state index contributed by atoms with van der Waals surface area (Å²) in [6, 6.07) is 7.29. The molecule has 0 bridgehead atoms. The first-order valence-corrected chi connectivity index (χ1v) is 10.8. The predicted molar refractivity (Wildman–Crippen MR) is 125 cm³/mol. The van der Waals surface area contributed by atoms with Gasteiger partial charge in [0.05, 0.1) is 41.6 Å². The molecule has 0 fully saturated rings. The van der Waals surface area contributed by atoms with E-state index in [1.54, 1.807) is 19.1 Å². The zero-order chi connectivity index (χ0) is 24.4. The van der Waals surface area contributed by atoms with Crippen molar-refractivity contribution in [2.45, 2.75) is 33.3 Å². The van der Waals surface area contributed by atoms with Crippen molar-refractivity contribution in [1.82, 2.24) is 0 Å². The van der Waals surface area contributed by atoms with Crippen molar-refractivity contribution in [3.05, 3.63) is 51.0 Å². The lowest BCUT2D eigenvalue weighted by Gasteiger charge is -2.26. The fraction of sp³-hybridized carbons (Fsp3) is 0.409. The van der Waals surface area contributed by atoms with Crippen LogP contribution in [0, 0.1) is 10.1 Å². The molecular formula is C22H27ClN4O6. The molecule has 0 unspecified atom stereocenters. The molecule has 0 aromatic heterocycles. The molecule has 0 heterocycles. The fourth-order valence-corrected chi connectivity index (χ4v) is 3.34. The number of carbonyl (C=O) groups is 1. The van der Waals surface area contributed by atoms with Gasteiger partial charge in [-0.15, -0.1) is 10.2 Å². The van der Waals surface area contributed by atoms with E-state index < -0.39 is 4.92 Å². The van der Waals surface area contributed by atoms with Crippen molar-refractivity contribution in [2.24, 2.45) is 10.2 Å². The molecule has 0 atom stereocenters. The largest absolute Gasteiger partial charge is 0.495 e. The Bertz CT molecular complexity index is 1010. The molecule has 0 saturated heterocycles. The Balaban J connectivity index is 2.29. The van der Waals surface area contributed by atoms with Gasteiger partial charge in [-0.25, -0.2) is 0 Å². The lowest BCUT2D eigenvalue weighted by atomic mass is 10.1. The normalized spacial score (nSPS) is 10.9. The second kappa shape index (κ2) is 12.7. The summed E-state index contributed by atoms with van der Waals surface area (Å²) in [5.41, 5.74) is 1.73. The third-order valence-electron chi connectivity index (χ3n) is 4.79. The van der Waals surface area contributed by atoms with Crippen molar-refractivity contribution >= 4 is 40.3 Å². The molecule has 0 saturated carbocycles. The topological polar surface area (TPSA) is 127 Å². The number of hydrogen-bond donors (Lipinski definition) is 1. The SMILES string of the molecule is CCOC(=O)CCCN(CC)c1cc(CO)c(N=Nc2ccc([N+](=O)[O-])cc2Cl)cc1OC. The van der Waals surface area contributed by atoms with Gasteiger partial charge in [0.25, 0.3) is 5.69 Å². The van der Waals surface area contributed by atoms with E-state index in [1.165, 1.54) is 25.3 Å². The van der Waals surface area contributed by atoms with E-state index in [1.807, 2.05) is 11.8 Å². The van der Waals surface area contributed by atoms with Crippen LogP contribution >= 0.6 is 11.6 Å². The minimum Gasteiger partial charge on any atom is -0.495 e. The van der Waals surface area contributed by atoms with Crippen molar-refractivity contribution in [1.29, 1.82) is 0 Å². The molecule has 2 aromatic carbocycles. The quantitative estimate of drug-likeness (QED) is 0.189. The van der Waals surface area contributed by atoms with Crippen LogP contribution in [0.3, 0.4) is 0 Å². The number of nitrogens with zero attached hydrogens (tertiary/aromatic N) is 4. The van der Waals surface area contributed by atoms with E-state index >= 15 is 0 Å². The van der Waals surface area contributed by atoms with Crippen molar-refractivity contribution in [3.8, 4) is 5.75 Å². The van der Waals surface area contributed by atoms with E-state index in [0.29, 0.717) is 49.5 Å². The predicted octanol–water partition coefficient (Wildman–Crippen LogP) is 5.33. The van der Waals surface area contributed by atoms with Crippen LogP contribution < -0.4 is 9.64 Å². The number of carbonyl (C=O) groups excluding carboxylic acids is 1. The lowest BCUT2D eigenvalue weighted by Crippen LogP contribution is -2.25. The molecule has 2 rings (SSSR count). The lowest BCUT2D eigenvalue weighted by molar-refractivity contribution is -0.384. The van der Waals surface area contributed by atoms with Gasteiger partial charge in [0.2, 0.25) is 0 Å². The highest BCUT2D eigenvalue weighted by Crippen LogP contribution is 2.37. The molecule has 33 heavy (non-hydrogen) atoms. The van der Waals surface area contributed by atoms with Gasteiger partial charge in [-0.3, -0.25) is 14.9 Å². The highest BCUT2D eigenvalue weighted by Gasteiger charge is 2.16. The summed E-state index contributed by atoms with van der Waals surface area (Å²) in [4.78, 5) is 24.0. The average Bonchev–Trinajstić information content (AvgIpc) is 2.80. The van der Waals surface area contributed by atoms with Crippen molar-refractivity contribution < 1.29 is 24.3 Å². The minimum atomic E-state index is -0.549. The van der Waals surface area contributed by atoms with E-state index in [4.69, 9.17) is 21.1 Å². The number of non-ortho nitro benzene ring substituents is 1. The van der Waals surface area contributed by atoms with Gasteiger partial charge in [0.15, 0.2) is 0 Å². The number of esters is 1. The summed E-state index contributed by atoms with van der Waals surface area (Å²) in [5, 5.41) is 29.1. The zero-order valence-corrected chi connectivity index (χ0v) is 19.5. The van der Waals surface area contributed by atoms with Gasteiger partial charge in [0.1, 0.15) is 11.4 Å². The standard InChI is InChI=1S/C22H27ClN4O6/c1-4-26(10-6-7-22(29)33-5-2)20-11-15(14-28)19(13-21(20)32-3)25-24-18-9-8-16(27(30)31)12-17(18)23/h8-9,11-13,28H,4-7,10,14H2,1-3H3. The van der Waals surface area contributed by atoms with E-state index in [9.17, 15) is 20.0 Å². The number of aliphatic hydroxyl groups is 1. The van der Waals surface area contributed by atoms with Crippen LogP contribution in [0.1, 0.15) is 32.3 Å². The van der Waals surface area contributed by atoms with Crippen LogP contribution in [0.25, 0.3) is 0 Å². The molecule has 178 valence electrons. The summed E-state index contributed by atoms with van der Waals surface area (Å²) in [7, 11) is 1.53. The Morgan fingerprint density at radius 3 is 2.52 bits per heavy atom. The summed E-state index contributed by atoms with van der Waals surface area (Å²) < 4.78 is 10.5. The number of halogens is 1. The first-order chi connectivity index (χ1) is 15.8. The maximum absolute atomic E-state index is 11.6. The summed E-state index contributed by atoms with van der Waals surface area (Å²) >= 11 is 6.08. The van der Waals surface area contributed by atoms with Crippen LogP contribution in [0.2, 0.25) is 5.02 Å². The third-order valence-corrected chi connectivity index (χ3v) is 5.10. The molecule has 1 N–H and O–H groups in total. The van der Waals surface area contributed by atoms with Crippen LogP contribution in [0.4, 0.5) is 22.7 Å². The van der Waals surface area contributed by atoms with Crippen LogP contribution in [0.15, 0.2) is 40.6 Å². The third kappa shape index (κ3) is 7.13. The molecule has 0 spiro atoms. The summed E-state index contributed by atoms with van der Waals surface area (Å²) in [6.07, 6.45) is 0.909. The monoisotopic (exact) mass is 478 g/mol. The second-order valence-corrected chi connectivity index (χ2v) is 7.30.